The van der Waals surface area contributed by atoms with E-state index in [1.165, 1.54) is 12.8 Å². The highest BCUT2D eigenvalue weighted by Crippen LogP contribution is 2.38. The van der Waals surface area contributed by atoms with Crippen LogP contribution in [-0.4, -0.2) is 31.2 Å². The fraction of sp³-hybridized carbons (Fsp3) is 0.909. The number of ether oxygens (including phenoxy) is 2. The lowest BCUT2D eigenvalue weighted by Crippen LogP contribution is -2.36. The maximum atomic E-state index is 11.2. The molecule has 2 fully saturated rings. The predicted molar refractivity (Wildman–Crippen MR) is 52.1 cm³/mol. The molecule has 3 heteroatoms. The summed E-state index contributed by atoms with van der Waals surface area (Å²) in [5.74, 6) is 0.705. The first-order valence-corrected chi connectivity index (χ1v) is 5.41. The van der Waals surface area contributed by atoms with Gasteiger partial charge in [-0.1, -0.05) is 6.42 Å². The molecule has 0 bridgehead atoms. The zero-order valence-corrected chi connectivity index (χ0v) is 8.86. The number of fused-ring (bicyclic) bond motifs is 1. The minimum atomic E-state index is -0.166. The van der Waals surface area contributed by atoms with Crippen LogP contribution in [0.15, 0.2) is 0 Å². The third kappa shape index (κ3) is 1.71. The maximum absolute atomic E-state index is 11.2. The summed E-state index contributed by atoms with van der Waals surface area (Å²) >= 11 is 0. The summed E-state index contributed by atoms with van der Waals surface area (Å²) in [5.41, 5.74) is 0. The fourth-order valence-corrected chi connectivity index (χ4v) is 2.70. The second kappa shape index (κ2) is 3.99. The Hall–Kier alpha value is -0.410. The summed E-state index contributed by atoms with van der Waals surface area (Å²) in [6.45, 7) is 1.61. The van der Waals surface area contributed by atoms with E-state index in [9.17, 15) is 4.79 Å². The molecule has 0 spiro atoms. The average molecular weight is 198 g/mol. The minimum absolute atomic E-state index is 0.161. The van der Waals surface area contributed by atoms with Crippen molar-refractivity contribution in [2.75, 3.05) is 7.11 Å². The number of carbonyl (C=O) groups excluding carboxylic acids is 1. The molecule has 1 aliphatic carbocycles. The summed E-state index contributed by atoms with van der Waals surface area (Å²) in [6, 6.07) is 0. The number of rotatable bonds is 2. The van der Waals surface area contributed by atoms with Gasteiger partial charge in [0.1, 0.15) is 6.10 Å². The molecule has 4 atom stereocenters. The Bertz CT molecular complexity index is 227. The molecule has 0 aromatic heterocycles. The van der Waals surface area contributed by atoms with Crippen molar-refractivity contribution < 1.29 is 14.3 Å². The van der Waals surface area contributed by atoms with Crippen LogP contribution in [0.3, 0.4) is 0 Å². The second-order valence-corrected chi connectivity index (χ2v) is 4.40. The van der Waals surface area contributed by atoms with E-state index in [2.05, 4.69) is 0 Å². The average Bonchev–Trinajstić information content (AvgIpc) is 2.60. The molecule has 1 heterocycles. The van der Waals surface area contributed by atoms with Crippen LogP contribution in [0.4, 0.5) is 0 Å². The van der Waals surface area contributed by atoms with Gasteiger partial charge in [-0.2, -0.15) is 0 Å². The Morgan fingerprint density at radius 2 is 2.21 bits per heavy atom. The van der Waals surface area contributed by atoms with Crippen LogP contribution in [0, 0.1) is 5.92 Å². The largest absolute Gasteiger partial charge is 0.379 e. The molecule has 0 aromatic rings. The summed E-state index contributed by atoms with van der Waals surface area (Å²) in [7, 11) is 1.73. The lowest BCUT2D eigenvalue weighted by Gasteiger charge is -2.31. The molecule has 1 saturated carbocycles. The van der Waals surface area contributed by atoms with E-state index < -0.39 is 0 Å². The molecular formula is C11H18O3. The molecule has 4 unspecified atom stereocenters. The highest BCUT2D eigenvalue weighted by molar-refractivity contribution is 5.80. The number of hydrogen-bond donors (Lipinski definition) is 0. The van der Waals surface area contributed by atoms with Gasteiger partial charge in [0, 0.05) is 7.11 Å². The summed E-state index contributed by atoms with van der Waals surface area (Å²) in [5, 5.41) is 0. The van der Waals surface area contributed by atoms with E-state index in [-0.39, 0.29) is 24.1 Å². The fourth-order valence-electron chi connectivity index (χ4n) is 2.70. The van der Waals surface area contributed by atoms with E-state index in [1.54, 1.807) is 14.0 Å². The SMILES string of the molecule is COC1CCCC2CC(C(C)=O)OC21. The lowest BCUT2D eigenvalue weighted by atomic mass is 9.83. The van der Waals surface area contributed by atoms with Crippen molar-refractivity contribution in [1.29, 1.82) is 0 Å². The van der Waals surface area contributed by atoms with E-state index in [0.717, 1.165) is 12.8 Å². The lowest BCUT2D eigenvalue weighted by molar-refractivity contribution is -0.133. The quantitative estimate of drug-likeness (QED) is 0.675. The van der Waals surface area contributed by atoms with Gasteiger partial charge in [-0.3, -0.25) is 4.79 Å². The Morgan fingerprint density at radius 3 is 2.86 bits per heavy atom. The zero-order chi connectivity index (χ0) is 10.1. The number of methoxy groups -OCH3 is 1. The first-order valence-electron chi connectivity index (χ1n) is 5.41. The van der Waals surface area contributed by atoms with Crippen LogP contribution in [-0.2, 0) is 14.3 Å². The molecular weight excluding hydrogens is 180 g/mol. The molecule has 0 aromatic carbocycles. The third-order valence-corrected chi connectivity index (χ3v) is 3.49. The van der Waals surface area contributed by atoms with Crippen molar-refractivity contribution >= 4 is 5.78 Å². The number of hydrogen-bond acceptors (Lipinski definition) is 3. The van der Waals surface area contributed by atoms with Crippen LogP contribution in [0.5, 0.6) is 0 Å². The van der Waals surface area contributed by atoms with Crippen LogP contribution < -0.4 is 0 Å². The Balaban J connectivity index is 2.03. The van der Waals surface area contributed by atoms with Crippen molar-refractivity contribution in [1.82, 2.24) is 0 Å². The van der Waals surface area contributed by atoms with E-state index in [0.29, 0.717) is 5.92 Å². The van der Waals surface area contributed by atoms with E-state index >= 15 is 0 Å². The molecule has 14 heavy (non-hydrogen) atoms. The molecule has 2 aliphatic rings. The smallest absolute Gasteiger partial charge is 0.158 e. The Labute approximate surface area is 84.8 Å². The summed E-state index contributed by atoms with van der Waals surface area (Å²) in [4.78, 5) is 11.2. The van der Waals surface area contributed by atoms with Gasteiger partial charge in [0.05, 0.1) is 12.2 Å². The molecule has 1 aliphatic heterocycles. The first kappa shape index (κ1) is 10.1. The molecule has 80 valence electrons. The van der Waals surface area contributed by atoms with Gasteiger partial charge < -0.3 is 9.47 Å². The van der Waals surface area contributed by atoms with Crippen LogP contribution in [0.25, 0.3) is 0 Å². The normalized spacial score (nSPS) is 42.1. The van der Waals surface area contributed by atoms with Crippen molar-refractivity contribution in [3.05, 3.63) is 0 Å². The van der Waals surface area contributed by atoms with Gasteiger partial charge >= 0.3 is 0 Å². The van der Waals surface area contributed by atoms with Gasteiger partial charge in [-0.25, -0.2) is 0 Å². The minimum Gasteiger partial charge on any atom is -0.379 e. The van der Waals surface area contributed by atoms with Gasteiger partial charge in [0.15, 0.2) is 5.78 Å². The second-order valence-electron chi connectivity index (χ2n) is 4.40. The maximum Gasteiger partial charge on any atom is 0.158 e. The van der Waals surface area contributed by atoms with Gasteiger partial charge in [0.25, 0.3) is 0 Å². The topological polar surface area (TPSA) is 35.5 Å². The van der Waals surface area contributed by atoms with Gasteiger partial charge in [-0.15, -0.1) is 0 Å². The van der Waals surface area contributed by atoms with Crippen molar-refractivity contribution in [2.24, 2.45) is 5.92 Å². The summed E-state index contributed by atoms with van der Waals surface area (Å²) in [6.07, 6.45) is 4.57. The van der Waals surface area contributed by atoms with Crippen LogP contribution >= 0.6 is 0 Å². The first-order chi connectivity index (χ1) is 6.72. The standard InChI is InChI=1S/C11H18O3/c1-7(12)10-6-8-4-3-5-9(13-2)11(8)14-10/h8-11H,3-6H2,1-2H3. The molecule has 3 nitrogen and oxygen atoms in total. The summed E-state index contributed by atoms with van der Waals surface area (Å²) < 4.78 is 11.2. The number of ketones is 1. The number of carbonyl (C=O) groups is 1. The van der Waals surface area contributed by atoms with Gasteiger partial charge in [-0.05, 0) is 32.1 Å². The zero-order valence-electron chi connectivity index (χ0n) is 8.86. The highest BCUT2D eigenvalue weighted by atomic mass is 16.5. The van der Waals surface area contributed by atoms with Crippen LogP contribution in [0.1, 0.15) is 32.6 Å². The predicted octanol–water partition coefficient (Wildman–Crippen LogP) is 1.55. The van der Waals surface area contributed by atoms with Crippen molar-refractivity contribution in [3.8, 4) is 0 Å². The number of Topliss-reactive ketones (excluding diaryl/α,β-unsaturated/α-hetero) is 1. The molecule has 0 N–H and O–H groups in total. The Kier molecular flexibility index (Phi) is 2.88. The van der Waals surface area contributed by atoms with Crippen molar-refractivity contribution in [3.63, 3.8) is 0 Å². The van der Waals surface area contributed by atoms with Crippen molar-refractivity contribution in [2.45, 2.75) is 50.9 Å². The van der Waals surface area contributed by atoms with Gasteiger partial charge in [0.2, 0.25) is 0 Å². The van der Waals surface area contributed by atoms with Crippen LogP contribution in [0.2, 0.25) is 0 Å². The Morgan fingerprint density at radius 1 is 1.43 bits per heavy atom. The molecule has 0 amide bonds. The van der Waals surface area contributed by atoms with E-state index in [1.807, 2.05) is 0 Å². The monoisotopic (exact) mass is 198 g/mol. The molecule has 2 rings (SSSR count). The third-order valence-electron chi connectivity index (χ3n) is 3.49. The highest BCUT2D eigenvalue weighted by Gasteiger charge is 2.43. The molecule has 0 radical (unpaired) electrons. The molecule has 1 saturated heterocycles. The van der Waals surface area contributed by atoms with E-state index in [4.69, 9.17) is 9.47 Å².